The fourth-order valence-electron chi connectivity index (χ4n) is 3.29. The van der Waals surface area contributed by atoms with E-state index in [-0.39, 0.29) is 17.6 Å². The molecule has 0 radical (unpaired) electrons. The first-order valence-corrected chi connectivity index (χ1v) is 9.18. The summed E-state index contributed by atoms with van der Waals surface area (Å²) in [6, 6.07) is 13.2. The molecule has 2 aromatic carbocycles. The second kappa shape index (κ2) is 7.51. The fraction of sp³-hybridized carbons (Fsp3) is 0.409. The van der Waals surface area contributed by atoms with E-state index in [0.717, 1.165) is 22.6 Å². The van der Waals surface area contributed by atoms with Crippen molar-refractivity contribution in [3.63, 3.8) is 0 Å². The van der Waals surface area contributed by atoms with Gasteiger partial charge in [-0.2, -0.15) is 0 Å². The molecule has 27 heavy (non-hydrogen) atoms. The summed E-state index contributed by atoms with van der Waals surface area (Å²) in [7, 11) is 1.61. The van der Waals surface area contributed by atoms with Gasteiger partial charge in [-0.05, 0) is 63.6 Å². The molecule has 0 saturated heterocycles. The lowest BCUT2D eigenvalue weighted by atomic mass is 9.89. The second-order valence-corrected chi connectivity index (χ2v) is 7.60. The summed E-state index contributed by atoms with van der Waals surface area (Å²) in [6.07, 6.45) is 0.0857. The molecule has 2 unspecified atom stereocenters. The van der Waals surface area contributed by atoms with E-state index in [9.17, 15) is 4.79 Å². The Hall–Kier alpha value is -2.69. The average molecular weight is 369 g/mol. The standard InChI is InChI=1S/C22H27NO4/c1-14-6-11-18-19(13-22(3,4)27-20(18)12-14)23-21(24)15(2)26-17-9-7-16(25-5)8-10-17/h6-12,15,19H,13H2,1-5H3,(H,23,24). The van der Waals surface area contributed by atoms with Gasteiger partial charge in [0.25, 0.3) is 5.91 Å². The van der Waals surface area contributed by atoms with Crippen LogP contribution in [0.2, 0.25) is 0 Å². The van der Waals surface area contributed by atoms with Gasteiger partial charge in [-0.25, -0.2) is 0 Å². The van der Waals surface area contributed by atoms with Crippen LogP contribution in [-0.2, 0) is 4.79 Å². The minimum atomic E-state index is -0.613. The lowest BCUT2D eigenvalue weighted by molar-refractivity contribution is -0.128. The van der Waals surface area contributed by atoms with Crippen molar-refractivity contribution in [3.8, 4) is 17.2 Å². The maximum atomic E-state index is 12.7. The number of aryl methyl sites for hydroxylation is 1. The summed E-state index contributed by atoms with van der Waals surface area (Å²) in [4.78, 5) is 12.7. The van der Waals surface area contributed by atoms with Gasteiger partial charge in [0.05, 0.1) is 13.2 Å². The Kier molecular flexibility index (Phi) is 5.31. The second-order valence-electron chi connectivity index (χ2n) is 7.60. The first kappa shape index (κ1) is 19.1. The van der Waals surface area contributed by atoms with Crippen molar-refractivity contribution in [1.29, 1.82) is 0 Å². The molecule has 3 rings (SSSR count). The number of fused-ring (bicyclic) bond motifs is 1. The summed E-state index contributed by atoms with van der Waals surface area (Å²) >= 11 is 0. The van der Waals surface area contributed by atoms with E-state index in [1.54, 1.807) is 38.3 Å². The number of ether oxygens (including phenoxy) is 3. The number of hydrogen-bond acceptors (Lipinski definition) is 4. The summed E-state index contributed by atoms with van der Waals surface area (Å²) in [5, 5.41) is 3.12. The molecule has 2 atom stereocenters. The highest BCUT2D eigenvalue weighted by Crippen LogP contribution is 2.39. The molecule has 0 saturated carbocycles. The van der Waals surface area contributed by atoms with Crippen LogP contribution in [0, 0.1) is 6.92 Å². The van der Waals surface area contributed by atoms with Crippen molar-refractivity contribution in [2.75, 3.05) is 7.11 Å². The van der Waals surface area contributed by atoms with Crippen LogP contribution in [0.1, 0.15) is 44.4 Å². The van der Waals surface area contributed by atoms with E-state index >= 15 is 0 Å². The highest BCUT2D eigenvalue weighted by atomic mass is 16.5. The quantitative estimate of drug-likeness (QED) is 0.859. The van der Waals surface area contributed by atoms with Crippen molar-refractivity contribution < 1.29 is 19.0 Å². The lowest BCUT2D eigenvalue weighted by Crippen LogP contribution is -2.44. The van der Waals surface area contributed by atoms with Crippen LogP contribution in [0.3, 0.4) is 0 Å². The molecular weight excluding hydrogens is 342 g/mol. The summed E-state index contributed by atoms with van der Waals surface area (Å²) in [5.41, 5.74) is 1.79. The zero-order valence-corrected chi connectivity index (χ0v) is 16.5. The van der Waals surface area contributed by atoms with Crippen LogP contribution < -0.4 is 19.5 Å². The molecule has 1 heterocycles. The third kappa shape index (κ3) is 4.54. The first-order valence-electron chi connectivity index (χ1n) is 9.18. The Morgan fingerprint density at radius 3 is 2.52 bits per heavy atom. The van der Waals surface area contributed by atoms with Gasteiger partial charge in [0.2, 0.25) is 0 Å². The third-order valence-electron chi connectivity index (χ3n) is 4.68. The van der Waals surface area contributed by atoms with Gasteiger partial charge in [0.15, 0.2) is 6.10 Å². The van der Waals surface area contributed by atoms with Crippen LogP contribution in [0.25, 0.3) is 0 Å². The Morgan fingerprint density at radius 2 is 1.85 bits per heavy atom. The van der Waals surface area contributed by atoms with Crippen molar-refractivity contribution in [3.05, 3.63) is 53.6 Å². The van der Waals surface area contributed by atoms with Gasteiger partial charge in [0, 0.05) is 12.0 Å². The molecule has 2 aromatic rings. The Bertz CT molecular complexity index is 814. The molecule has 0 aliphatic carbocycles. The largest absolute Gasteiger partial charge is 0.497 e. The molecule has 5 heteroatoms. The number of benzene rings is 2. The van der Waals surface area contributed by atoms with E-state index in [0.29, 0.717) is 12.2 Å². The van der Waals surface area contributed by atoms with E-state index in [2.05, 4.69) is 5.32 Å². The molecule has 0 fully saturated rings. The normalized spacial score (nSPS) is 18.6. The summed E-state index contributed by atoms with van der Waals surface area (Å²) in [6.45, 7) is 7.85. The van der Waals surface area contributed by atoms with E-state index in [1.807, 2.05) is 39.0 Å². The molecule has 1 N–H and O–H groups in total. The lowest BCUT2D eigenvalue weighted by Gasteiger charge is -2.38. The fourth-order valence-corrected chi connectivity index (χ4v) is 3.29. The minimum Gasteiger partial charge on any atom is -0.497 e. The highest BCUT2D eigenvalue weighted by molar-refractivity contribution is 5.81. The van der Waals surface area contributed by atoms with Crippen molar-refractivity contribution >= 4 is 5.91 Å². The number of amides is 1. The van der Waals surface area contributed by atoms with Gasteiger partial charge in [0.1, 0.15) is 22.8 Å². The van der Waals surface area contributed by atoms with Gasteiger partial charge < -0.3 is 19.5 Å². The van der Waals surface area contributed by atoms with Crippen molar-refractivity contribution in [1.82, 2.24) is 5.32 Å². The predicted molar refractivity (Wildman–Crippen MR) is 104 cm³/mol. The highest BCUT2D eigenvalue weighted by Gasteiger charge is 2.35. The number of carbonyl (C=O) groups excluding carboxylic acids is 1. The number of hydrogen-bond donors (Lipinski definition) is 1. The molecule has 1 aliphatic rings. The van der Waals surface area contributed by atoms with Crippen LogP contribution in [0.5, 0.6) is 17.2 Å². The van der Waals surface area contributed by atoms with Gasteiger partial charge in [-0.1, -0.05) is 12.1 Å². The van der Waals surface area contributed by atoms with Crippen molar-refractivity contribution in [2.45, 2.75) is 51.9 Å². The number of carbonyl (C=O) groups is 1. The Morgan fingerprint density at radius 1 is 1.19 bits per heavy atom. The third-order valence-corrected chi connectivity index (χ3v) is 4.68. The monoisotopic (exact) mass is 369 g/mol. The minimum absolute atomic E-state index is 0.112. The molecule has 0 spiro atoms. The van der Waals surface area contributed by atoms with Gasteiger partial charge in [-0.3, -0.25) is 4.79 Å². The van der Waals surface area contributed by atoms with E-state index in [1.165, 1.54) is 0 Å². The van der Waals surface area contributed by atoms with Crippen LogP contribution in [0.4, 0.5) is 0 Å². The molecule has 0 bridgehead atoms. The topological polar surface area (TPSA) is 56.8 Å². The average Bonchev–Trinajstić information content (AvgIpc) is 2.60. The van der Waals surface area contributed by atoms with Gasteiger partial charge >= 0.3 is 0 Å². The molecular formula is C22H27NO4. The first-order chi connectivity index (χ1) is 12.8. The number of nitrogens with one attached hydrogen (secondary N) is 1. The predicted octanol–water partition coefficient (Wildman–Crippen LogP) is 4.19. The van der Waals surface area contributed by atoms with Gasteiger partial charge in [-0.15, -0.1) is 0 Å². The van der Waals surface area contributed by atoms with Crippen molar-refractivity contribution in [2.24, 2.45) is 0 Å². The summed E-state index contributed by atoms with van der Waals surface area (Å²) < 4.78 is 17.0. The SMILES string of the molecule is COc1ccc(OC(C)C(=O)NC2CC(C)(C)Oc3cc(C)ccc32)cc1. The van der Waals surface area contributed by atoms with Crippen LogP contribution in [-0.4, -0.2) is 24.7 Å². The molecule has 0 aromatic heterocycles. The van der Waals surface area contributed by atoms with E-state index in [4.69, 9.17) is 14.2 Å². The molecule has 5 nitrogen and oxygen atoms in total. The maximum Gasteiger partial charge on any atom is 0.261 e. The zero-order valence-electron chi connectivity index (χ0n) is 16.5. The molecule has 1 aliphatic heterocycles. The van der Waals surface area contributed by atoms with E-state index < -0.39 is 6.10 Å². The molecule has 144 valence electrons. The smallest absolute Gasteiger partial charge is 0.261 e. The molecule has 1 amide bonds. The maximum absolute atomic E-state index is 12.7. The Labute approximate surface area is 160 Å². The van der Waals surface area contributed by atoms with Crippen LogP contribution in [0.15, 0.2) is 42.5 Å². The Balaban J connectivity index is 1.71. The zero-order chi connectivity index (χ0) is 19.6. The summed E-state index contributed by atoms with van der Waals surface area (Å²) in [5.74, 6) is 2.05. The number of rotatable bonds is 5. The van der Waals surface area contributed by atoms with Crippen LogP contribution >= 0.6 is 0 Å². The number of methoxy groups -OCH3 is 1.